The zero-order valence-electron chi connectivity index (χ0n) is 6.97. The van der Waals surface area contributed by atoms with Crippen LogP contribution in [0.1, 0.15) is 27.7 Å². The lowest BCUT2D eigenvalue weighted by Crippen LogP contribution is -2.28. The maximum absolute atomic E-state index is 11.3. The lowest BCUT2D eigenvalue weighted by molar-refractivity contribution is -0.126. The Morgan fingerprint density at radius 1 is 1.50 bits per heavy atom. The average Bonchev–Trinajstić information content (AvgIpc) is 1.86. The third kappa shape index (κ3) is 2.18. The Bertz CT molecular complexity index is 147. The van der Waals surface area contributed by atoms with E-state index in [2.05, 4.69) is 0 Å². The van der Waals surface area contributed by atoms with E-state index in [-0.39, 0.29) is 11.7 Å². The van der Waals surface area contributed by atoms with Gasteiger partial charge in [-0.2, -0.15) is 0 Å². The van der Waals surface area contributed by atoms with E-state index >= 15 is 0 Å². The summed E-state index contributed by atoms with van der Waals surface area (Å²) in [6, 6.07) is 0. The van der Waals surface area contributed by atoms with E-state index in [1.165, 1.54) is 5.37 Å². The standard InChI is InChI=1S/C8H14OS/c1-6(2)7(9)8(3,4)5-10/h5-6H,1-4H3. The van der Waals surface area contributed by atoms with E-state index < -0.39 is 5.41 Å². The molecule has 1 nitrogen and oxygen atoms in total. The maximum atomic E-state index is 11.3. The Balaban J connectivity index is 4.33. The number of Topliss-reactive ketones (excluding diaryl/α,β-unsaturated/α-hetero) is 1. The summed E-state index contributed by atoms with van der Waals surface area (Å²) >= 11 is 4.74. The highest BCUT2D eigenvalue weighted by Crippen LogP contribution is 2.18. The number of hydrogen-bond donors (Lipinski definition) is 0. The molecule has 0 amide bonds. The SMILES string of the molecule is CC(C)C(=O)C(C)(C)C=S. The summed E-state index contributed by atoms with van der Waals surface area (Å²) in [7, 11) is 0. The Morgan fingerprint density at radius 2 is 1.90 bits per heavy atom. The molecule has 58 valence electrons. The smallest absolute Gasteiger partial charge is 0.145 e. The van der Waals surface area contributed by atoms with Gasteiger partial charge in [0.2, 0.25) is 0 Å². The van der Waals surface area contributed by atoms with Gasteiger partial charge in [-0.1, -0.05) is 26.1 Å². The topological polar surface area (TPSA) is 17.1 Å². The van der Waals surface area contributed by atoms with Crippen LogP contribution in [0.3, 0.4) is 0 Å². The van der Waals surface area contributed by atoms with Crippen LogP contribution in [0.15, 0.2) is 0 Å². The molecular formula is C8H14OS. The van der Waals surface area contributed by atoms with Gasteiger partial charge in [0.15, 0.2) is 0 Å². The zero-order chi connectivity index (χ0) is 8.36. The molecule has 0 heterocycles. The quantitative estimate of drug-likeness (QED) is 0.586. The first-order valence-corrected chi connectivity index (χ1v) is 3.89. The molecule has 0 saturated heterocycles. The molecule has 0 spiro atoms. The van der Waals surface area contributed by atoms with E-state index in [4.69, 9.17) is 12.2 Å². The number of rotatable bonds is 3. The van der Waals surface area contributed by atoms with E-state index in [0.717, 1.165) is 0 Å². The molecule has 0 atom stereocenters. The Labute approximate surface area is 67.8 Å². The molecule has 0 unspecified atom stereocenters. The first-order valence-electron chi connectivity index (χ1n) is 3.42. The van der Waals surface area contributed by atoms with Gasteiger partial charge in [0.05, 0.1) is 5.41 Å². The third-order valence-corrected chi connectivity index (χ3v) is 2.04. The summed E-state index contributed by atoms with van der Waals surface area (Å²) in [5, 5.41) is 1.54. The van der Waals surface area contributed by atoms with Gasteiger partial charge in [-0.3, -0.25) is 4.79 Å². The van der Waals surface area contributed by atoms with Crippen LogP contribution in [-0.4, -0.2) is 11.2 Å². The summed E-state index contributed by atoms with van der Waals surface area (Å²) in [6.07, 6.45) is 0. The molecule has 10 heavy (non-hydrogen) atoms. The van der Waals surface area contributed by atoms with Crippen LogP contribution < -0.4 is 0 Å². The monoisotopic (exact) mass is 158 g/mol. The third-order valence-electron chi connectivity index (χ3n) is 1.45. The van der Waals surface area contributed by atoms with Crippen LogP contribution in [0, 0.1) is 11.3 Å². The average molecular weight is 158 g/mol. The Morgan fingerprint density at radius 3 is 2.00 bits per heavy atom. The molecule has 0 aromatic rings. The van der Waals surface area contributed by atoms with Crippen LogP contribution in [0.5, 0.6) is 0 Å². The highest BCUT2D eigenvalue weighted by atomic mass is 32.1. The highest BCUT2D eigenvalue weighted by Gasteiger charge is 2.26. The molecule has 0 saturated carbocycles. The van der Waals surface area contributed by atoms with Gasteiger partial charge in [0.25, 0.3) is 0 Å². The largest absolute Gasteiger partial charge is 0.298 e. The summed E-state index contributed by atoms with van der Waals surface area (Å²) in [5.41, 5.74) is -0.427. The number of carbonyl (C=O) groups excluding carboxylic acids is 1. The fraction of sp³-hybridized carbons (Fsp3) is 0.750. The molecule has 0 N–H and O–H groups in total. The number of hydrogen-bond acceptors (Lipinski definition) is 2. The van der Waals surface area contributed by atoms with Crippen molar-refractivity contribution >= 4 is 23.4 Å². The molecule has 0 fully saturated rings. The second kappa shape index (κ2) is 3.24. The van der Waals surface area contributed by atoms with Crippen molar-refractivity contribution < 1.29 is 4.79 Å². The zero-order valence-corrected chi connectivity index (χ0v) is 7.79. The highest BCUT2D eigenvalue weighted by molar-refractivity contribution is 7.79. The minimum absolute atomic E-state index is 0.0780. The minimum atomic E-state index is -0.427. The minimum Gasteiger partial charge on any atom is -0.298 e. The van der Waals surface area contributed by atoms with Crippen molar-refractivity contribution in [1.82, 2.24) is 0 Å². The van der Waals surface area contributed by atoms with Gasteiger partial charge in [0.1, 0.15) is 5.78 Å². The Kier molecular flexibility index (Phi) is 3.16. The Hall–Kier alpha value is -0.240. The van der Waals surface area contributed by atoms with Gasteiger partial charge in [-0.15, -0.1) is 0 Å². The van der Waals surface area contributed by atoms with E-state index in [9.17, 15) is 4.79 Å². The first-order chi connectivity index (χ1) is 4.41. The molecule has 0 bridgehead atoms. The van der Waals surface area contributed by atoms with Crippen molar-refractivity contribution in [3.63, 3.8) is 0 Å². The summed E-state index contributed by atoms with van der Waals surface area (Å²) < 4.78 is 0. The molecule has 0 radical (unpaired) electrons. The van der Waals surface area contributed by atoms with Crippen molar-refractivity contribution in [3.8, 4) is 0 Å². The number of ketones is 1. The molecule has 0 rings (SSSR count). The van der Waals surface area contributed by atoms with Crippen LogP contribution >= 0.6 is 12.2 Å². The van der Waals surface area contributed by atoms with Crippen molar-refractivity contribution in [1.29, 1.82) is 0 Å². The molecule has 0 aromatic heterocycles. The van der Waals surface area contributed by atoms with Gasteiger partial charge in [0, 0.05) is 5.92 Å². The second-order valence-corrected chi connectivity index (χ2v) is 3.59. The second-order valence-electron chi connectivity index (χ2n) is 3.36. The molecular weight excluding hydrogens is 144 g/mol. The normalized spacial score (nSPS) is 11.7. The van der Waals surface area contributed by atoms with E-state index in [1.807, 2.05) is 27.7 Å². The van der Waals surface area contributed by atoms with Gasteiger partial charge in [-0.05, 0) is 19.2 Å². The fourth-order valence-corrected chi connectivity index (χ4v) is 0.918. The van der Waals surface area contributed by atoms with E-state index in [1.54, 1.807) is 0 Å². The van der Waals surface area contributed by atoms with Crippen LogP contribution in [0.25, 0.3) is 0 Å². The summed E-state index contributed by atoms with van der Waals surface area (Å²) in [4.78, 5) is 11.3. The summed E-state index contributed by atoms with van der Waals surface area (Å²) in [6.45, 7) is 7.48. The molecule has 0 aromatic carbocycles. The van der Waals surface area contributed by atoms with Gasteiger partial charge < -0.3 is 0 Å². The van der Waals surface area contributed by atoms with Crippen LogP contribution in [-0.2, 0) is 4.79 Å². The van der Waals surface area contributed by atoms with Crippen molar-refractivity contribution in [3.05, 3.63) is 0 Å². The summed E-state index contributed by atoms with van der Waals surface area (Å²) in [5.74, 6) is 0.289. The first kappa shape index (κ1) is 9.76. The lowest BCUT2D eigenvalue weighted by Gasteiger charge is -2.18. The van der Waals surface area contributed by atoms with Gasteiger partial charge in [-0.25, -0.2) is 0 Å². The fourth-order valence-electron chi connectivity index (χ4n) is 0.802. The van der Waals surface area contributed by atoms with Crippen molar-refractivity contribution in [2.24, 2.45) is 11.3 Å². The molecule has 0 aliphatic carbocycles. The molecule has 0 aliphatic heterocycles. The predicted molar refractivity (Wildman–Crippen MR) is 47.3 cm³/mol. The van der Waals surface area contributed by atoms with E-state index in [0.29, 0.717) is 0 Å². The van der Waals surface area contributed by atoms with Crippen LogP contribution in [0.4, 0.5) is 0 Å². The number of thiocarbonyl (C=S) groups is 1. The van der Waals surface area contributed by atoms with Gasteiger partial charge >= 0.3 is 0 Å². The molecule has 2 heteroatoms. The molecule has 0 aliphatic rings. The maximum Gasteiger partial charge on any atom is 0.145 e. The predicted octanol–water partition coefficient (Wildman–Crippen LogP) is 2.24. The number of carbonyl (C=O) groups is 1. The van der Waals surface area contributed by atoms with Crippen molar-refractivity contribution in [2.75, 3.05) is 0 Å². The van der Waals surface area contributed by atoms with Crippen molar-refractivity contribution in [2.45, 2.75) is 27.7 Å². The van der Waals surface area contributed by atoms with Crippen LogP contribution in [0.2, 0.25) is 0 Å². The lowest BCUT2D eigenvalue weighted by atomic mass is 9.84.